The molecular formula is C20H33N3O3S. The number of nitrogens with zero attached hydrogens (tertiary/aromatic N) is 2. The molecule has 1 amide bonds. The lowest BCUT2D eigenvalue weighted by atomic mass is 9.95. The van der Waals surface area contributed by atoms with Crippen molar-refractivity contribution in [2.45, 2.75) is 59.4 Å². The van der Waals surface area contributed by atoms with Crippen molar-refractivity contribution in [1.82, 2.24) is 14.5 Å². The van der Waals surface area contributed by atoms with Crippen LogP contribution in [0.2, 0.25) is 0 Å². The number of carbonyl (C=O) groups excluding carboxylic acids is 1. The highest BCUT2D eigenvalue weighted by Gasteiger charge is 2.32. The van der Waals surface area contributed by atoms with E-state index in [0.717, 1.165) is 27.8 Å². The minimum atomic E-state index is -3.55. The summed E-state index contributed by atoms with van der Waals surface area (Å²) in [5.41, 5.74) is 4.93. The van der Waals surface area contributed by atoms with Crippen molar-refractivity contribution < 1.29 is 13.2 Å². The van der Waals surface area contributed by atoms with Crippen molar-refractivity contribution in [3.8, 4) is 0 Å². The second kappa shape index (κ2) is 8.29. The van der Waals surface area contributed by atoms with E-state index in [1.807, 2.05) is 53.4 Å². The average Bonchev–Trinajstić information content (AvgIpc) is 2.58. The number of nitrogens with one attached hydrogen (secondary N) is 1. The fraction of sp³-hybridized carbons (Fsp3) is 0.650. The smallest absolute Gasteiger partial charge is 0.243 e. The molecule has 0 spiro atoms. The Kier molecular flexibility index (Phi) is 6.71. The molecule has 6 nitrogen and oxygen atoms in total. The maximum absolute atomic E-state index is 13.3. The number of rotatable bonds is 5. The monoisotopic (exact) mass is 395 g/mol. The molecule has 7 heteroatoms. The summed E-state index contributed by atoms with van der Waals surface area (Å²) in [5, 5.41) is 2.88. The topological polar surface area (TPSA) is 69.7 Å². The van der Waals surface area contributed by atoms with Crippen LogP contribution >= 0.6 is 0 Å². The number of hydrogen-bond acceptors (Lipinski definition) is 4. The van der Waals surface area contributed by atoms with Gasteiger partial charge in [-0.3, -0.25) is 9.69 Å². The summed E-state index contributed by atoms with van der Waals surface area (Å²) in [6.07, 6.45) is 0. The lowest BCUT2D eigenvalue weighted by molar-refractivity contribution is -0.123. The predicted octanol–water partition coefficient (Wildman–Crippen LogP) is 2.06. The molecule has 0 saturated carbocycles. The van der Waals surface area contributed by atoms with Crippen LogP contribution in [0.1, 0.15) is 41.7 Å². The summed E-state index contributed by atoms with van der Waals surface area (Å²) in [4.78, 5) is 14.4. The van der Waals surface area contributed by atoms with Gasteiger partial charge in [-0.2, -0.15) is 4.31 Å². The predicted molar refractivity (Wildman–Crippen MR) is 109 cm³/mol. The Balaban J connectivity index is 2.18. The van der Waals surface area contributed by atoms with E-state index in [-0.39, 0.29) is 11.9 Å². The standard InChI is InChI=1S/C20H33N3O3S/c1-13(2)21-19(24)12-22-8-10-23(11-9-22)27(25,26)20-17(6)15(4)14(3)16(5)18(20)7/h13H,8-12H2,1-7H3,(H,21,24). The number of piperazine rings is 1. The Hall–Kier alpha value is -1.44. The normalized spacial score (nSPS) is 16.7. The van der Waals surface area contributed by atoms with Gasteiger partial charge in [0.1, 0.15) is 0 Å². The van der Waals surface area contributed by atoms with Crippen LogP contribution in [0.3, 0.4) is 0 Å². The van der Waals surface area contributed by atoms with E-state index in [1.54, 1.807) is 4.31 Å². The van der Waals surface area contributed by atoms with E-state index in [9.17, 15) is 13.2 Å². The van der Waals surface area contributed by atoms with Crippen molar-refractivity contribution in [2.24, 2.45) is 0 Å². The fourth-order valence-corrected chi connectivity index (χ4v) is 5.66. The summed E-state index contributed by atoms with van der Waals surface area (Å²) in [6, 6.07) is 0.109. The Morgan fingerprint density at radius 2 is 1.33 bits per heavy atom. The second-order valence-corrected chi connectivity index (χ2v) is 9.73. The van der Waals surface area contributed by atoms with Gasteiger partial charge in [-0.25, -0.2) is 8.42 Å². The number of sulfonamides is 1. The van der Waals surface area contributed by atoms with Gasteiger partial charge in [-0.05, 0) is 76.3 Å². The Morgan fingerprint density at radius 3 is 1.78 bits per heavy atom. The molecule has 0 unspecified atom stereocenters. The van der Waals surface area contributed by atoms with Crippen LogP contribution in [0.4, 0.5) is 0 Å². The Labute approximate surface area is 164 Å². The highest BCUT2D eigenvalue weighted by molar-refractivity contribution is 7.89. The van der Waals surface area contributed by atoms with Crippen molar-refractivity contribution >= 4 is 15.9 Å². The zero-order valence-electron chi connectivity index (χ0n) is 17.6. The summed E-state index contributed by atoms with van der Waals surface area (Å²) in [7, 11) is -3.55. The van der Waals surface area contributed by atoms with Crippen LogP contribution < -0.4 is 5.32 Å². The molecule has 2 rings (SSSR count). The minimum Gasteiger partial charge on any atom is -0.353 e. The second-order valence-electron chi connectivity index (χ2n) is 7.86. The van der Waals surface area contributed by atoms with E-state index in [0.29, 0.717) is 37.6 Å². The van der Waals surface area contributed by atoms with Gasteiger partial charge < -0.3 is 5.32 Å². The van der Waals surface area contributed by atoms with Gasteiger partial charge in [0.05, 0.1) is 11.4 Å². The number of benzene rings is 1. The molecule has 1 aliphatic heterocycles. The molecular weight excluding hydrogens is 362 g/mol. The van der Waals surface area contributed by atoms with E-state index in [4.69, 9.17) is 0 Å². The van der Waals surface area contributed by atoms with E-state index in [1.165, 1.54) is 0 Å². The van der Waals surface area contributed by atoms with E-state index >= 15 is 0 Å². The van der Waals surface area contributed by atoms with E-state index in [2.05, 4.69) is 5.32 Å². The van der Waals surface area contributed by atoms with Gasteiger partial charge in [0.25, 0.3) is 0 Å². The molecule has 1 aliphatic rings. The Morgan fingerprint density at radius 1 is 0.889 bits per heavy atom. The summed E-state index contributed by atoms with van der Waals surface area (Å²) < 4.78 is 28.3. The van der Waals surface area contributed by atoms with Crippen LogP contribution in [0.15, 0.2) is 4.90 Å². The first kappa shape index (κ1) is 21.9. The molecule has 152 valence electrons. The zero-order valence-corrected chi connectivity index (χ0v) is 18.5. The maximum Gasteiger partial charge on any atom is 0.243 e. The van der Waals surface area contributed by atoms with Crippen LogP contribution in [0.25, 0.3) is 0 Å². The van der Waals surface area contributed by atoms with Gasteiger partial charge in [-0.15, -0.1) is 0 Å². The molecule has 0 atom stereocenters. The molecule has 1 N–H and O–H groups in total. The Bertz CT molecular complexity index is 794. The van der Waals surface area contributed by atoms with Crippen LogP contribution in [0.5, 0.6) is 0 Å². The molecule has 0 radical (unpaired) electrons. The minimum absolute atomic E-state index is 0.0159. The van der Waals surface area contributed by atoms with Gasteiger partial charge in [-0.1, -0.05) is 0 Å². The third-order valence-corrected chi connectivity index (χ3v) is 7.85. The van der Waals surface area contributed by atoms with Crippen molar-refractivity contribution in [1.29, 1.82) is 0 Å². The number of carbonyl (C=O) groups is 1. The molecule has 1 aromatic rings. The first-order valence-electron chi connectivity index (χ1n) is 9.55. The third-order valence-electron chi connectivity index (χ3n) is 5.68. The fourth-order valence-electron chi connectivity index (χ4n) is 3.68. The molecule has 1 fully saturated rings. The highest BCUT2D eigenvalue weighted by Crippen LogP contribution is 2.31. The lowest BCUT2D eigenvalue weighted by Crippen LogP contribution is -2.51. The van der Waals surface area contributed by atoms with Gasteiger partial charge >= 0.3 is 0 Å². The SMILES string of the molecule is Cc1c(C)c(C)c(S(=O)(=O)N2CCN(CC(=O)NC(C)C)CC2)c(C)c1C. The summed E-state index contributed by atoms with van der Waals surface area (Å²) in [5.74, 6) is -0.0159. The number of amides is 1. The van der Waals surface area contributed by atoms with E-state index < -0.39 is 10.0 Å². The molecule has 1 aromatic carbocycles. The zero-order chi connectivity index (χ0) is 20.5. The average molecular weight is 396 g/mol. The number of hydrogen-bond donors (Lipinski definition) is 1. The quantitative estimate of drug-likeness (QED) is 0.829. The van der Waals surface area contributed by atoms with Gasteiger partial charge in [0.2, 0.25) is 15.9 Å². The molecule has 1 heterocycles. The molecule has 27 heavy (non-hydrogen) atoms. The van der Waals surface area contributed by atoms with Crippen molar-refractivity contribution in [3.05, 3.63) is 27.8 Å². The molecule has 1 saturated heterocycles. The third kappa shape index (κ3) is 4.52. The first-order valence-corrected chi connectivity index (χ1v) is 11.0. The van der Waals surface area contributed by atoms with Crippen molar-refractivity contribution in [2.75, 3.05) is 32.7 Å². The lowest BCUT2D eigenvalue weighted by Gasteiger charge is -2.34. The summed E-state index contributed by atoms with van der Waals surface area (Å²) in [6.45, 7) is 15.9. The van der Waals surface area contributed by atoms with Crippen LogP contribution in [-0.2, 0) is 14.8 Å². The van der Waals surface area contributed by atoms with Crippen molar-refractivity contribution in [3.63, 3.8) is 0 Å². The van der Waals surface area contributed by atoms with Gasteiger partial charge in [0, 0.05) is 32.2 Å². The van der Waals surface area contributed by atoms with Crippen LogP contribution in [-0.4, -0.2) is 62.3 Å². The maximum atomic E-state index is 13.3. The molecule has 0 bridgehead atoms. The molecule has 0 aromatic heterocycles. The first-order chi connectivity index (χ1) is 12.5. The van der Waals surface area contributed by atoms with Crippen LogP contribution in [0, 0.1) is 34.6 Å². The molecule has 0 aliphatic carbocycles. The van der Waals surface area contributed by atoms with Gasteiger partial charge in [0.15, 0.2) is 0 Å². The largest absolute Gasteiger partial charge is 0.353 e. The summed E-state index contributed by atoms with van der Waals surface area (Å²) >= 11 is 0. The highest BCUT2D eigenvalue weighted by atomic mass is 32.2.